The maximum atomic E-state index is 8.72. The summed E-state index contributed by atoms with van der Waals surface area (Å²) in [6, 6.07) is 10.5. The van der Waals surface area contributed by atoms with Gasteiger partial charge in [0.1, 0.15) is 0 Å². The van der Waals surface area contributed by atoms with Crippen LogP contribution in [0, 0.1) is 11.3 Å². The fourth-order valence-corrected chi connectivity index (χ4v) is 1.88. The largest absolute Gasteiger partial charge is 0.317 e. The molecule has 0 amide bonds. The van der Waals surface area contributed by atoms with Crippen molar-refractivity contribution in [2.24, 2.45) is 0 Å². The van der Waals surface area contributed by atoms with Crippen molar-refractivity contribution in [2.75, 3.05) is 7.05 Å². The van der Waals surface area contributed by atoms with E-state index in [1.165, 1.54) is 5.56 Å². The Labute approximate surface area is 91.9 Å². The second-order valence-electron chi connectivity index (χ2n) is 3.83. The number of rotatable bonds is 4. The van der Waals surface area contributed by atoms with E-state index < -0.39 is 0 Å². The van der Waals surface area contributed by atoms with Crippen LogP contribution in [0.3, 0.4) is 0 Å². The minimum atomic E-state index is 0.461. The Balaban J connectivity index is 2.89. The van der Waals surface area contributed by atoms with Crippen LogP contribution in [0.15, 0.2) is 24.3 Å². The zero-order chi connectivity index (χ0) is 11.3. The highest BCUT2D eigenvalue weighted by molar-refractivity contribution is 5.33. The second kappa shape index (κ2) is 5.53. The Kier molecular flexibility index (Phi) is 4.33. The van der Waals surface area contributed by atoms with Gasteiger partial charge in [-0.2, -0.15) is 5.26 Å². The third-order valence-electron chi connectivity index (χ3n) is 2.97. The van der Waals surface area contributed by atoms with Gasteiger partial charge < -0.3 is 5.32 Å². The summed E-state index contributed by atoms with van der Waals surface area (Å²) in [4.78, 5) is 0. The van der Waals surface area contributed by atoms with Crippen LogP contribution >= 0.6 is 0 Å². The minimum Gasteiger partial charge on any atom is -0.317 e. The lowest BCUT2D eigenvalue weighted by atomic mass is 9.90. The van der Waals surface area contributed by atoms with E-state index in [1.807, 2.05) is 19.2 Å². The predicted octanol–water partition coefficient (Wildman–Crippen LogP) is 2.66. The molecule has 15 heavy (non-hydrogen) atoms. The standard InChI is InChI=1S/C13H18N2/c1-4-13(10(2)15-3)12-7-5-11(9-14)6-8-12/h5-8,10,13,15H,4H2,1-3H3/t10-,13-/m0/s1. The molecule has 0 saturated heterocycles. The average Bonchev–Trinajstić information content (AvgIpc) is 2.30. The molecule has 0 unspecified atom stereocenters. The van der Waals surface area contributed by atoms with Crippen LogP contribution < -0.4 is 5.32 Å². The van der Waals surface area contributed by atoms with Crippen molar-refractivity contribution < 1.29 is 0 Å². The Morgan fingerprint density at radius 3 is 2.33 bits per heavy atom. The van der Waals surface area contributed by atoms with Gasteiger partial charge in [0.15, 0.2) is 0 Å². The maximum absolute atomic E-state index is 8.72. The van der Waals surface area contributed by atoms with Crippen molar-refractivity contribution in [3.8, 4) is 6.07 Å². The molecule has 2 heteroatoms. The van der Waals surface area contributed by atoms with Gasteiger partial charge in [-0.25, -0.2) is 0 Å². The number of likely N-dealkylation sites (N-methyl/N-ethyl adjacent to an activating group) is 1. The Bertz CT molecular complexity index is 335. The van der Waals surface area contributed by atoms with E-state index in [0.29, 0.717) is 12.0 Å². The fourth-order valence-electron chi connectivity index (χ4n) is 1.88. The first-order valence-electron chi connectivity index (χ1n) is 5.40. The summed E-state index contributed by atoms with van der Waals surface area (Å²) in [6.07, 6.45) is 1.11. The van der Waals surface area contributed by atoms with Gasteiger partial charge in [-0.3, -0.25) is 0 Å². The highest BCUT2D eigenvalue weighted by Gasteiger charge is 2.15. The predicted molar refractivity (Wildman–Crippen MR) is 62.7 cm³/mol. The molecule has 0 saturated carbocycles. The summed E-state index contributed by atoms with van der Waals surface area (Å²) in [6.45, 7) is 4.38. The van der Waals surface area contributed by atoms with E-state index in [1.54, 1.807) is 0 Å². The highest BCUT2D eigenvalue weighted by atomic mass is 14.9. The normalized spacial score (nSPS) is 14.3. The summed E-state index contributed by atoms with van der Waals surface area (Å²) < 4.78 is 0. The van der Waals surface area contributed by atoms with Crippen LogP contribution in [0.1, 0.15) is 37.3 Å². The molecule has 0 aromatic heterocycles. The molecule has 0 spiro atoms. The Morgan fingerprint density at radius 2 is 1.93 bits per heavy atom. The first-order valence-corrected chi connectivity index (χ1v) is 5.40. The summed E-state index contributed by atoms with van der Waals surface area (Å²) in [7, 11) is 1.98. The first kappa shape index (κ1) is 11.7. The van der Waals surface area contributed by atoms with Crippen LogP contribution in [0.2, 0.25) is 0 Å². The molecule has 0 fully saturated rings. The van der Waals surface area contributed by atoms with Gasteiger partial charge in [0.05, 0.1) is 11.6 Å². The van der Waals surface area contributed by atoms with Crippen molar-refractivity contribution in [2.45, 2.75) is 32.2 Å². The molecule has 80 valence electrons. The monoisotopic (exact) mass is 202 g/mol. The number of nitrogens with one attached hydrogen (secondary N) is 1. The molecule has 2 nitrogen and oxygen atoms in total. The summed E-state index contributed by atoms with van der Waals surface area (Å²) in [5.41, 5.74) is 2.03. The van der Waals surface area contributed by atoms with Crippen molar-refractivity contribution in [3.05, 3.63) is 35.4 Å². The quantitative estimate of drug-likeness (QED) is 0.814. The van der Waals surface area contributed by atoms with E-state index in [0.717, 1.165) is 12.0 Å². The van der Waals surface area contributed by atoms with Gasteiger partial charge in [-0.05, 0) is 44.0 Å². The van der Waals surface area contributed by atoms with Gasteiger partial charge in [0, 0.05) is 6.04 Å². The van der Waals surface area contributed by atoms with E-state index in [9.17, 15) is 0 Å². The molecular weight excluding hydrogens is 184 g/mol. The van der Waals surface area contributed by atoms with Crippen molar-refractivity contribution in [3.63, 3.8) is 0 Å². The van der Waals surface area contributed by atoms with Crippen molar-refractivity contribution >= 4 is 0 Å². The molecule has 0 heterocycles. The molecule has 0 bridgehead atoms. The van der Waals surface area contributed by atoms with Crippen LogP contribution in [0.5, 0.6) is 0 Å². The molecular formula is C13H18N2. The third-order valence-corrected chi connectivity index (χ3v) is 2.97. The first-order chi connectivity index (χ1) is 7.22. The maximum Gasteiger partial charge on any atom is 0.0991 e. The number of hydrogen-bond donors (Lipinski definition) is 1. The molecule has 1 rings (SSSR count). The number of nitriles is 1. The zero-order valence-corrected chi connectivity index (χ0v) is 9.62. The Hall–Kier alpha value is -1.33. The Morgan fingerprint density at radius 1 is 1.33 bits per heavy atom. The van der Waals surface area contributed by atoms with Crippen LogP contribution in [-0.2, 0) is 0 Å². The SMILES string of the molecule is CC[C@H](c1ccc(C#N)cc1)[C@H](C)NC. The third kappa shape index (κ3) is 2.81. The molecule has 0 aliphatic carbocycles. The number of hydrogen-bond acceptors (Lipinski definition) is 2. The highest BCUT2D eigenvalue weighted by Crippen LogP contribution is 2.23. The van der Waals surface area contributed by atoms with Crippen LogP contribution in [-0.4, -0.2) is 13.1 Å². The molecule has 0 radical (unpaired) electrons. The smallest absolute Gasteiger partial charge is 0.0991 e. The topological polar surface area (TPSA) is 35.8 Å². The van der Waals surface area contributed by atoms with E-state index in [4.69, 9.17) is 5.26 Å². The number of nitrogens with zero attached hydrogens (tertiary/aromatic N) is 1. The molecule has 1 aromatic carbocycles. The van der Waals surface area contributed by atoms with Gasteiger partial charge >= 0.3 is 0 Å². The van der Waals surface area contributed by atoms with Crippen LogP contribution in [0.4, 0.5) is 0 Å². The van der Waals surface area contributed by atoms with E-state index in [-0.39, 0.29) is 0 Å². The lowest BCUT2D eigenvalue weighted by Gasteiger charge is -2.22. The summed E-state index contributed by atoms with van der Waals surface area (Å²) >= 11 is 0. The fraction of sp³-hybridized carbons (Fsp3) is 0.462. The summed E-state index contributed by atoms with van der Waals surface area (Å²) in [5.74, 6) is 0.516. The zero-order valence-electron chi connectivity index (χ0n) is 9.62. The minimum absolute atomic E-state index is 0.461. The van der Waals surface area contributed by atoms with E-state index in [2.05, 4.69) is 37.4 Å². The van der Waals surface area contributed by atoms with Crippen LogP contribution in [0.25, 0.3) is 0 Å². The van der Waals surface area contributed by atoms with Crippen molar-refractivity contribution in [1.29, 1.82) is 5.26 Å². The molecule has 1 aromatic rings. The van der Waals surface area contributed by atoms with E-state index >= 15 is 0 Å². The lowest BCUT2D eigenvalue weighted by molar-refractivity contribution is 0.483. The van der Waals surface area contributed by atoms with Gasteiger partial charge in [-0.15, -0.1) is 0 Å². The summed E-state index contributed by atoms with van der Waals surface area (Å²) in [5, 5.41) is 12.0. The van der Waals surface area contributed by atoms with Gasteiger partial charge in [0.25, 0.3) is 0 Å². The lowest BCUT2D eigenvalue weighted by Crippen LogP contribution is -2.28. The number of benzene rings is 1. The van der Waals surface area contributed by atoms with Gasteiger partial charge in [0.2, 0.25) is 0 Å². The van der Waals surface area contributed by atoms with Gasteiger partial charge in [-0.1, -0.05) is 19.1 Å². The van der Waals surface area contributed by atoms with Crippen molar-refractivity contribution in [1.82, 2.24) is 5.32 Å². The molecule has 1 N–H and O–H groups in total. The molecule has 2 atom stereocenters. The second-order valence-corrected chi connectivity index (χ2v) is 3.83. The molecule has 0 aliphatic rings. The average molecular weight is 202 g/mol. The molecule has 0 aliphatic heterocycles.